The number of hydrogen-bond donors (Lipinski definition) is 1. The van der Waals surface area contributed by atoms with Gasteiger partial charge in [-0.15, -0.1) is 0 Å². The molecule has 3 nitrogen and oxygen atoms in total. The Hall–Kier alpha value is -0.570. The minimum Gasteiger partial charge on any atom is -0.340 e. The minimum atomic E-state index is 0.280. The number of rotatable bonds is 4. The summed E-state index contributed by atoms with van der Waals surface area (Å²) in [5.74, 6) is 1.28. The van der Waals surface area contributed by atoms with Crippen molar-refractivity contribution in [1.29, 1.82) is 0 Å². The van der Waals surface area contributed by atoms with Gasteiger partial charge in [0, 0.05) is 19.6 Å². The largest absolute Gasteiger partial charge is 0.340 e. The standard InChI is InChI=1S/C10H18N2O/c13-10-8-11-5-7-12(10)6-1-2-9-3-4-9/h9,11H,1-8H2. The monoisotopic (exact) mass is 182 g/mol. The second-order valence-electron chi connectivity index (χ2n) is 4.14. The number of amides is 1. The van der Waals surface area contributed by atoms with Crippen LogP contribution in [0.5, 0.6) is 0 Å². The topological polar surface area (TPSA) is 32.3 Å². The first kappa shape index (κ1) is 9.00. The Balaban J connectivity index is 1.63. The van der Waals surface area contributed by atoms with E-state index in [9.17, 15) is 4.79 Å². The molecule has 1 aliphatic heterocycles. The Bertz CT molecular complexity index is 189. The summed E-state index contributed by atoms with van der Waals surface area (Å²) in [7, 11) is 0. The van der Waals surface area contributed by atoms with Crippen molar-refractivity contribution in [3.05, 3.63) is 0 Å². The molecule has 0 radical (unpaired) electrons. The highest BCUT2D eigenvalue weighted by Crippen LogP contribution is 2.33. The van der Waals surface area contributed by atoms with Crippen LogP contribution in [0.4, 0.5) is 0 Å². The molecule has 0 aromatic rings. The van der Waals surface area contributed by atoms with Crippen LogP contribution >= 0.6 is 0 Å². The molecule has 1 aliphatic carbocycles. The molecule has 2 aliphatic rings. The van der Waals surface area contributed by atoms with Crippen LogP contribution in [-0.2, 0) is 4.79 Å². The fraction of sp³-hybridized carbons (Fsp3) is 0.900. The first-order chi connectivity index (χ1) is 6.36. The Morgan fingerprint density at radius 3 is 3.00 bits per heavy atom. The molecule has 0 spiro atoms. The fourth-order valence-corrected chi connectivity index (χ4v) is 1.86. The summed E-state index contributed by atoms with van der Waals surface area (Å²) in [5.41, 5.74) is 0. The van der Waals surface area contributed by atoms with Crippen molar-refractivity contribution >= 4 is 5.91 Å². The van der Waals surface area contributed by atoms with Gasteiger partial charge in [-0.25, -0.2) is 0 Å². The van der Waals surface area contributed by atoms with Crippen LogP contribution in [-0.4, -0.2) is 37.0 Å². The third-order valence-electron chi connectivity index (χ3n) is 2.92. The van der Waals surface area contributed by atoms with Crippen LogP contribution in [0.3, 0.4) is 0 Å². The minimum absolute atomic E-state index is 0.280. The van der Waals surface area contributed by atoms with Gasteiger partial charge in [-0.2, -0.15) is 0 Å². The molecular formula is C10H18N2O. The molecule has 0 bridgehead atoms. The van der Waals surface area contributed by atoms with Crippen LogP contribution in [0.2, 0.25) is 0 Å². The normalized spacial score (nSPS) is 23.7. The second-order valence-corrected chi connectivity index (χ2v) is 4.14. The Labute approximate surface area is 79.5 Å². The van der Waals surface area contributed by atoms with Crippen molar-refractivity contribution in [1.82, 2.24) is 10.2 Å². The predicted octanol–water partition coefficient (Wildman–Crippen LogP) is 0.608. The third kappa shape index (κ3) is 2.69. The number of carbonyl (C=O) groups excluding carboxylic acids is 1. The van der Waals surface area contributed by atoms with Crippen molar-refractivity contribution in [3.63, 3.8) is 0 Å². The van der Waals surface area contributed by atoms with E-state index in [0.717, 1.165) is 25.6 Å². The van der Waals surface area contributed by atoms with Crippen molar-refractivity contribution in [2.24, 2.45) is 5.92 Å². The molecule has 0 unspecified atom stereocenters. The highest BCUT2D eigenvalue weighted by atomic mass is 16.2. The van der Waals surface area contributed by atoms with Crippen molar-refractivity contribution in [2.45, 2.75) is 25.7 Å². The average molecular weight is 182 g/mol. The van der Waals surface area contributed by atoms with Gasteiger partial charge in [0.05, 0.1) is 6.54 Å². The van der Waals surface area contributed by atoms with E-state index in [0.29, 0.717) is 6.54 Å². The summed E-state index contributed by atoms with van der Waals surface area (Å²) in [6.45, 7) is 3.40. The van der Waals surface area contributed by atoms with Crippen LogP contribution in [0.25, 0.3) is 0 Å². The van der Waals surface area contributed by atoms with Crippen molar-refractivity contribution in [2.75, 3.05) is 26.2 Å². The lowest BCUT2D eigenvalue weighted by molar-refractivity contribution is -0.131. The Kier molecular flexibility index (Phi) is 2.83. The van der Waals surface area contributed by atoms with Crippen molar-refractivity contribution in [3.8, 4) is 0 Å². The number of carbonyl (C=O) groups is 1. The zero-order chi connectivity index (χ0) is 9.10. The molecule has 1 saturated carbocycles. The van der Waals surface area contributed by atoms with Crippen LogP contribution in [0.1, 0.15) is 25.7 Å². The summed E-state index contributed by atoms with van der Waals surface area (Å²) in [6.07, 6.45) is 5.39. The van der Waals surface area contributed by atoms with E-state index < -0.39 is 0 Å². The number of nitrogens with one attached hydrogen (secondary N) is 1. The predicted molar refractivity (Wildman–Crippen MR) is 51.4 cm³/mol. The van der Waals surface area contributed by atoms with Crippen LogP contribution in [0, 0.1) is 5.92 Å². The quantitative estimate of drug-likeness (QED) is 0.691. The van der Waals surface area contributed by atoms with E-state index in [4.69, 9.17) is 0 Å². The summed E-state index contributed by atoms with van der Waals surface area (Å²) >= 11 is 0. The van der Waals surface area contributed by atoms with E-state index in [-0.39, 0.29) is 5.91 Å². The molecule has 1 N–H and O–H groups in total. The highest BCUT2D eigenvalue weighted by Gasteiger charge is 2.22. The average Bonchev–Trinajstić information content (AvgIpc) is 2.92. The van der Waals surface area contributed by atoms with Gasteiger partial charge < -0.3 is 10.2 Å². The van der Waals surface area contributed by atoms with Gasteiger partial charge in [-0.1, -0.05) is 12.8 Å². The molecular weight excluding hydrogens is 164 g/mol. The summed E-state index contributed by atoms with van der Waals surface area (Å²) in [5, 5.41) is 3.08. The van der Waals surface area contributed by atoms with Gasteiger partial charge in [-0.3, -0.25) is 4.79 Å². The zero-order valence-corrected chi connectivity index (χ0v) is 8.09. The third-order valence-corrected chi connectivity index (χ3v) is 2.92. The van der Waals surface area contributed by atoms with Crippen molar-refractivity contribution < 1.29 is 4.79 Å². The first-order valence-corrected chi connectivity index (χ1v) is 5.35. The van der Waals surface area contributed by atoms with Gasteiger partial charge in [0.25, 0.3) is 0 Å². The highest BCUT2D eigenvalue weighted by molar-refractivity contribution is 5.78. The molecule has 2 fully saturated rings. The smallest absolute Gasteiger partial charge is 0.236 e. The Morgan fingerprint density at radius 2 is 2.31 bits per heavy atom. The maximum atomic E-state index is 11.3. The molecule has 1 saturated heterocycles. The van der Waals surface area contributed by atoms with Gasteiger partial charge >= 0.3 is 0 Å². The lowest BCUT2D eigenvalue weighted by Crippen LogP contribution is -2.48. The van der Waals surface area contributed by atoms with Crippen LogP contribution in [0.15, 0.2) is 0 Å². The summed E-state index contributed by atoms with van der Waals surface area (Å²) in [4.78, 5) is 13.3. The molecule has 13 heavy (non-hydrogen) atoms. The molecule has 0 aromatic carbocycles. The Morgan fingerprint density at radius 1 is 1.46 bits per heavy atom. The van der Waals surface area contributed by atoms with E-state index in [2.05, 4.69) is 5.32 Å². The fourth-order valence-electron chi connectivity index (χ4n) is 1.86. The zero-order valence-electron chi connectivity index (χ0n) is 8.09. The molecule has 1 heterocycles. The van der Waals surface area contributed by atoms with E-state index in [1.165, 1.54) is 25.7 Å². The second kappa shape index (κ2) is 4.09. The lowest BCUT2D eigenvalue weighted by atomic mass is 10.2. The van der Waals surface area contributed by atoms with E-state index in [1.54, 1.807) is 0 Å². The molecule has 3 heteroatoms. The summed E-state index contributed by atoms with van der Waals surface area (Å²) in [6, 6.07) is 0. The molecule has 74 valence electrons. The molecule has 1 amide bonds. The number of hydrogen-bond acceptors (Lipinski definition) is 2. The maximum absolute atomic E-state index is 11.3. The van der Waals surface area contributed by atoms with Gasteiger partial charge in [0.2, 0.25) is 5.91 Å². The maximum Gasteiger partial charge on any atom is 0.236 e. The van der Waals surface area contributed by atoms with Gasteiger partial charge in [-0.05, 0) is 18.8 Å². The van der Waals surface area contributed by atoms with Crippen LogP contribution < -0.4 is 5.32 Å². The molecule has 0 atom stereocenters. The summed E-state index contributed by atoms with van der Waals surface area (Å²) < 4.78 is 0. The van der Waals surface area contributed by atoms with Gasteiger partial charge in [0.15, 0.2) is 0 Å². The molecule has 2 rings (SSSR count). The number of piperazine rings is 1. The van der Waals surface area contributed by atoms with Gasteiger partial charge in [0.1, 0.15) is 0 Å². The number of nitrogens with zero attached hydrogens (tertiary/aromatic N) is 1. The van der Waals surface area contributed by atoms with E-state index >= 15 is 0 Å². The first-order valence-electron chi connectivity index (χ1n) is 5.35. The van der Waals surface area contributed by atoms with E-state index in [1.807, 2.05) is 4.90 Å². The molecule has 0 aromatic heterocycles. The lowest BCUT2D eigenvalue weighted by Gasteiger charge is -2.27. The SMILES string of the molecule is O=C1CNCCN1CCCC1CC1.